The van der Waals surface area contributed by atoms with Gasteiger partial charge >= 0.3 is 0 Å². The molecule has 1 aliphatic rings. The molecule has 1 fully saturated rings. The van der Waals surface area contributed by atoms with Gasteiger partial charge in [-0.3, -0.25) is 0 Å². The Balaban J connectivity index is 2.46. The van der Waals surface area contributed by atoms with Gasteiger partial charge in [0.1, 0.15) is 5.75 Å². The highest BCUT2D eigenvalue weighted by Gasteiger charge is 2.37. The molecule has 0 atom stereocenters. The van der Waals surface area contributed by atoms with Gasteiger partial charge in [-0.25, -0.2) is 0 Å². The molecule has 0 amide bonds. The first kappa shape index (κ1) is 13.0. The van der Waals surface area contributed by atoms with Crippen molar-refractivity contribution < 1.29 is 14.2 Å². The standard InChI is InChI=1S/C14H21NO3/c1-4-18-13-8-10(14(15)6-5-7-14)11(16-2)9-12(13)17-3/h8-9H,4-7,15H2,1-3H3. The molecular formula is C14H21NO3. The molecule has 0 unspecified atom stereocenters. The van der Waals surface area contributed by atoms with Crippen LogP contribution in [0.2, 0.25) is 0 Å². The van der Waals surface area contributed by atoms with Crippen molar-refractivity contribution in [3.05, 3.63) is 17.7 Å². The smallest absolute Gasteiger partial charge is 0.164 e. The Morgan fingerprint density at radius 1 is 1.11 bits per heavy atom. The predicted octanol–water partition coefficient (Wildman–Crippen LogP) is 2.44. The molecule has 2 rings (SSSR count). The highest BCUT2D eigenvalue weighted by atomic mass is 16.5. The first-order chi connectivity index (χ1) is 8.64. The van der Waals surface area contributed by atoms with Gasteiger partial charge < -0.3 is 19.9 Å². The van der Waals surface area contributed by atoms with Gasteiger partial charge in [-0.2, -0.15) is 0 Å². The molecule has 0 spiro atoms. The third-order valence-electron chi connectivity index (χ3n) is 3.57. The Morgan fingerprint density at radius 3 is 2.22 bits per heavy atom. The summed E-state index contributed by atoms with van der Waals surface area (Å²) in [5.74, 6) is 2.19. The fourth-order valence-corrected chi connectivity index (χ4v) is 2.35. The van der Waals surface area contributed by atoms with Gasteiger partial charge in [-0.15, -0.1) is 0 Å². The molecular weight excluding hydrogens is 230 g/mol. The molecule has 100 valence electrons. The van der Waals surface area contributed by atoms with Gasteiger partial charge in [-0.05, 0) is 32.3 Å². The number of benzene rings is 1. The van der Waals surface area contributed by atoms with E-state index in [1.807, 2.05) is 19.1 Å². The SMILES string of the molecule is CCOc1cc(C2(N)CCC2)c(OC)cc1OC. The van der Waals surface area contributed by atoms with E-state index >= 15 is 0 Å². The first-order valence-corrected chi connectivity index (χ1v) is 6.33. The van der Waals surface area contributed by atoms with Crippen LogP contribution in [0.4, 0.5) is 0 Å². The van der Waals surface area contributed by atoms with E-state index in [-0.39, 0.29) is 5.54 Å². The van der Waals surface area contributed by atoms with E-state index in [4.69, 9.17) is 19.9 Å². The quantitative estimate of drug-likeness (QED) is 0.873. The summed E-state index contributed by atoms with van der Waals surface area (Å²) < 4.78 is 16.3. The Hall–Kier alpha value is -1.42. The largest absolute Gasteiger partial charge is 0.496 e. The third-order valence-corrected chi connectivity index (χ3v) is 3.57. The van der Waals surface area contributed by atoms with Crippen LogP contribution in [0.15, 0.2) is 12.1 Å². The lowest BCUT2D eigenvalue weighted by molar-refractivity contribution is 0.240. The zero-order valence-corrected chi connectivity index (χ0v) is 11.3. The first-order valence-electron chi connectivity index (χ1n) is 6.33. The summed E-state index contributed by atoms with van der Waals surface area (Å²) in [7, 11) is 3.28. The van der Waals surface area contributed by atoms with E-state index in [1.165, 1.54) is 0 Å². The van der Waals surface area contributed by atoms with Crippen LogP contribution in [-0.4, -0.2) is 20.8 Å². The molecule has 0 aliphatic heterocycles. The van der Waals surface area contributed by atoms with Gasteiger partial charge in [0, 0.05) is 17.2 Å². The lowest BCUT2D eigenvalue weighted by Crippen LogP contribution is -2.43. The number of hydrogen-bond donors (Lipinski definition) is 1. The lowest BCUT2D eigenvalue weighted by Gasteiger charge is -2.39. The number of nitrogens with two attached hydrogens (primary N) is 1. The molecule has 0 aromatic heterocycles. The average molecular weight is 251 g/mol. The van der Waals surface area contributed by atoms with Gasteiger partial charge in [-0.1, -0.05) is 0 Å². The van der Waals surface area contributed by atoms with Crippen LogP contribution in [0.3, 0.4) is 0 Å². The van der Waals surface area contributed by atoms with Gasteiger partial charge in [0.05, 0.1) is 20.8 Å². The molecule has 0 bridgehead atoms. The molecule has 0 heterocycles. The van der Waals surface area contributed by atoms with E-state index in [0.717, 1.165) is 36.3 Å². The van der Waals surface area contributed by atoms with Crippen LogP contribution < -0.4 is 19.9 Å². The highest BCUT2D eigenvalue weighted by Crippen LogP contribution is 2.46. The Morgan fingerprint density at radius 2 is 1.78 bits per heavy atom. The van der Waals surface area contributed by atoms with Crippen molar-refractivity contribution in [1.82, 2.24) is 0 Å². The van der Waals surface area contributed by atoms with Crippen molar-refractivity contribution in [2.75, 3.05) is 20.8 Å². The molecule has 1 aromatic rings. The average Bonchev–Trinajstić information content (AvgIpc) is 2.36. The molecule has 0 saturated heterocycles. The Labute approximate surface area is 108 Å². The normalized spacial score (nSPS) is 16.9. The van der Waals surface area contributed by atoms with Crippen molar-refractivity contribution in [2.24, 2.45) is 5.73 Å². The zero-order chi connectivity index (χ0) is 13.2. The maximum Gasteiger partial charge on any atom is 0.164 e. The van der Waals surface area contributed by atoms with Gasteiger partial charge in [0.25, 0.3) is 0 Å². The number of hydrogen-bond acceptors (Lipinski definition) is 4. The molecule has 0 radical (unpaired) electrons. The molecule has 18 heavy (non-hydrogen) atoms. The second kappa shape index (κ2) is 5.06. The van der Waals surface area contributed by atoms with Crippen LogP contribution in [0, 0.1) is 0 Å². The fourth-order valence-electron chi connectivity index (χ4n) is 2.35. The minimum Gasteiger partial charge on any atom is -0.496 e. The minimum atomic E-state index is -0.274. The maximum absolute atomic E-state index is 6.38. The van der Waals surface area contributed by atoms with E-state index in [0.29, 0.717) is 12.4 Å². The summed E-state index contributed by atoms with van der Waals surface area (Å²) in [6.07, 6.45) is 3.14. The van der Waals surface area contributed by atoms with Gasteiger partial charge in [0.2, 0.25) is 0 Å². The molecule has 2 N–H and O–H groups in total. The monoisotopic (exact) mass is 251 g/mol. The van der Waals surface area contributed by atoms with Crippen molar-refractivity contribution in [1.29, 1.82) is 0 Å². The molecule has 4 nitrogen and oxygen atoms in total. The maximum atomic E-state index is 6.38. The topological polar surface area (TPSA) is 53.7 Å². The van der Waals surface area contributed by atoms with Crippen LogP contribution in [0.5, 0.6) is 17.2 Å². The number of rotatable bonds is 5. The third kappa shape index (κ3) is 2.12. The summed E-state index contributed by atoms with van der Waals surface area (Å²) in [6.45, 7) is 2.55. The van der Waals surface area contributed by atoms with E-state index < -0.39 is 0 Å². The van der Waals surface area contributed by atoms with Crippen LogP contribution in [-0.2, 0) is 5.54 Å². The predicted molar refractivity (Wildman–Crippen MR) is 70.4 cm³/mol. The zero-order valence-electron chi connectivity index (χ0n) is 11.3. The van der Waals surface area contributed by atoms with Crippen LogP contribution >= 0.6 is 0 Å². The van der Waals surface area contributed by atoms with Gasteiger partial charge in [0.15, 0.2) is 11.5 Å². The second-order valence-electron chi connectivity index (χ2n) is 4.65. The summed E-state index contributed by atoms with van der Waals surface area (Å²) in [5.41, 5.74) is 7.12. The summed E-state index contributed by atoms with van der Waals surface area (Å²) in [5, 5.41) is 0. The number of methoxy groups -OCH3 is 2. The van der Waals surface area contributed by atoms with Crippen molar-refractivity contribution in [3.8, 4) is 17.2 Å². The Kier molecular flexibility index (Phi) is 3.66. The highest BCUT2D eigenvalue weighted by molar-refractivity contribution is 5.53. The van der Waals surface area contributed by atoms with E-state index in [9.17, 15) is 0 Å². The van der Waals surface area contributed by atoms with Crippen molar-refractivity contribution in [2.45, 2.75) is 31.7 Å². The summed E-state index contributed by atoms with van der Waals surface area (Å²) >= 11 is 0. The van der Waals surface area contributed by atoms with Crippen molar-refractivity contribution in [3.63, 3.8) is 0 Å². The molecule has 1 aromatic carbocycles. The molecule has 4 heteroatoms. The van der Waals surface area contributed by atoms with Crippen LogP contribution in [0.1, 0.15) is 31.7 Å². The van der Waals surface area contributed by atoms with Crippen molar-refractivity contribution >= 4 is 0 Å². The summed E-state index contributed by atoms with van der Waals surface area (Å²) in [4.78, 5) is 0. The lowest BCUT2D eigenvalue weighted by atomic mass is 9.72. The van der Waals surface area contributed by atoms with E-state index in [1.54, 1.807) is 14.2 Å². The summed E-state index contributed by atoms with van der Waals surface area (Å²) in [6, 6.07) is 3.81. The van der Waals surface area contributed by atoms with Crippen LogP contribution in [0.25, 0.3) is 0 Å². The number of ether oxygens (including phenoxy) is 3. The Bertz CT molecular complexity index is 427. The minimum absolute atomic E-state index is 0.274. The second-order valence-corrected chi connectivity index (χ2v) is 4.65. The molecule has 1 saturated carbocycles. The fraction of sp³-hybridized carbons (Fsp3) is 0.571. The molecule has 1 aliphatic carbocycles. The van der Waals surface area contributed by atoms with E-state index in [2.05, 4.69) is 0 Å².